The highest BCUT2D eigenvalue weighted by atomic mass is 16.3. The molecule has 2 aromatic carbocycles. The van der Waals surface area contributed by atoms with Gasteiger partial charge in [-0.3, -0.25) is 9.78 Å². The molecule has 0 spiro atoms. The number of anilines is 1. The molecular formula is C22H18N2O2. The fourth-order valence-electron chi connectivity index (χ4n) is 3.08. The molecule has 0 aliphatic carbocycles. The molecule has 2 aromatic heterocycles. The fourth-order valence-corrected chi connectivity index (χ4v) is 3.08. The maximum absolute atomic E-state index is 13.5. The fraction of sp³-hybridized carbons (Fsp3) is 0.0909. The first-order valence-corrected chi connectivity index (χ1v) is 8.48. The Labute approximate surface area is 151 Å². The number of hydrogen-bond donors (Lipinski definition) is 0. The van der Waals surface area contributed by atoms with E-state index in [2.05, 4.69) is 4.98 Å². The molecule has 0 atom stereocenters. The number of carbonyl (C=O) groups is 1. The summed E-state index contributed by atoms with van der Waals surface area (Å²) in [6.07, 6.45) is 1.62. The van der Waals surface area contributed by atoms with Gasteiger partial charge >= 0.3 is 0 Å². The molecule has 4 nitrogen and oxygen atoms in total. The normalized spacial score (nSPS) is 10.8. The van der Waals surface area contributed by atoms with Crippen LogP contribution in [0.1, 0.15) is 21.8 Å². The minimum absolute atomic E-state index is 0.0747. The predicted octanol–water partition coefficient (Wildman–Crippen LogP) is 4.98. The molecule has 0 fully saturated rings. The van der Waals surface area contributed by atoms with Crippen LogP contribution in [0.2, 0.25) is 0 Å². The van der Waals surface area contributed by atoms with Crippen LogP contribution in [-0.2, 0) is 6.54 Å². The Hall–Kier alpha value is -3.40. The lowest BCUT2D eigenvalue weighted by Crippen LogP contribution is -2.30. The smallest absolute Gasteiger partial charge is 0.259 e. The number of nitrogens with zero attached hydrogens (tertiary/aromatic N) is 2. The molecule has 0 N–H and O–H groups in total. The number of pyridine rings is 1. The molecule has 128 valence electrons. The second-order valence-electron chi connectivity index (χ2n) is 6.13. The molecule has 4 rings (SSSR count). The molecular weight excluding hydrogens is 324 g/mol. The van der Waals surface area contributed by atoms with E-state index in [0.29, 0.717) is 12.1 Å². The molecule has 0 bridgehead atoms. The average molecular weight is 342 g/mol. The van der Waals surface area contributed by atoms with Gasteiger partial charge in [-0.25, -0.2) is 0 Å². The zero-order valence-corrected chi connectivity index (χ0v) is 14.4. The maximum Gasteiger partial charge on any atom is 0.259 e. The van der Waals surface area contributed by atoms with Crippen molar-refractivity contribution in [1.29, 1.82) is 0 Å². The predicted molar refractivity (Wildman–Crippen MR) is 102 cm³/mol. The summed E-state index contributed by atoms with van der Waals surface area (Å²) in [5, 5.41) is 0.850. The number of carbonyl (C=O) groups excluding carboxylic acids is 1. The van der Waals surface area contributed by atoms with Crippen LogP contribution in [0.25, 0.3) is 10.9 Å². The van der Waals surface area contributed by atoms with Crippen molar-refractivity contribution in [2.24, 2.45) is 0 Å². The minimum atomic E-state index is -0.0747. The summed E-state index contributed by atoms with van der Waals surface area (Å²) in [4.78, 5) is 19.8. The summed E-state index contributed by atoms with van der Waals surface area (Å²) in [7, 11) is 0. The zero-order valence-electron chi connectivity index (χ0n) is 14.4. The van der Waals surface area contributed by atoms with Gasteiger partial charge in [0.15, 0.2) is 0 Å². The van der Waals surface area contributed by atoms with Crippen LogP contribution in [-0.4, -0.2) is 10.9 Å². The topological polar surface area (TPSA) is 46.3 Å². The first kappa shape index (κ1) is 16.1. The standard InChI is InChI=1S/C22H18N2O2/c1-16-14-20(19-11-5-6-12-21(19)23-16)22(25)24(15-18-10-7-13-26-18)17-8-3-2-4-9-17/h2-14H,15H2,1H3. The Bertz CT molecular complexity index is 1040. The first-order valence-electron chi connectivity index (χ1n) is 8.48. The molecule has 0 aliphatic heterocycles. The van der Waals surface area contributed by atoms with Crippen LogP contribution in [0.4, 0.5) is 5.69 Å². The summed E-state index contributed by atoms with van der Waals surface area (Å²) in [5.74, 6) is 0.659. The van der Waals surface area contributed by atoms with Crippen LogP contribution in [0.15, 0.2) is 83.5 Å². The van der Waals surface area contributed by atoms with Gasteiger partial charge in [-0.05, 0) is 43.3 Å². The Morgan fingerprint density at radius 3 is 2.54 bits per heavy atom. The van der Waals surface area contributed by atoms with Crippen molar-refractivity contribution in [3.8, 4) is 0 Å². The lowest BCUT2D eigenvalue weighted by atomic mass is 10.1. The number of benzene rings is 2. The van der Waals surface area contributed by atoms with Crippen molar-refractivity contribution in [3.63, 3.8) is 0 Å². The molecule has 0 aliphatic rings. The monoisotopic (exact) mass is 342 g/mol. The summed E-state index contributed by atoms with van der Waals surface area (Å²) >= 11 is 0. The van der Waals surface area contributed by atoms with Crippen LogP contribution >= 0.6 is 0 Å². The second-order valence-corrected chi connectivity index (χ2v) is 6.13. The third-order valence-electron chi connectivity index (χ3n) is 4.28. The van der Waals surface area contributed by atoms with Gasteiger partial charge in [-0.15, -0.1) is 0 Å². The minimum Gasteiger partial charge on any atom is -0.467 e. The van der Waals surface area contributed by atoms with Gasteiger partial charge in [0, 0.05) is 16.8 Å². The van der Waals surface area contributed by atoms with E-state index in [-0.39, 0.29) is 5.91 Å². The Morgan fingerprint density at radius 1 is 1.00 bits per heavy atom. The number of aromatic nitrogens is 1. The highest BCUT2D eigenvalue weighted by Crippen LogP contribution is 2.24. The van der Waals surface area contributed by atoms with Gasteiger partial charge in [0.25, 0.3) is 5.91 Å². The molecule has 0 unspecified atom stereocenters. The van der Waals surface area contributed by atoms with Crippen molar-refractivity contribution < 1.29 is 9.21 Å². The number of aryl methyl sites for hydroxylation is 1. The van der Waals surface area contributed by atoms with E-state index in [4.69, 9.17) is 4.42 Å². The van der Waals surface area contributed by atoms with E-state index in [9.17, 15) is 4.79 Å². The number of hydrogen-bond acceptors (Lipinski definition) is 3. The average Bonchev–Trinajstić information content (AvgIpc) is 3.19. The van der Waals surface area contributed by atoms with E-state index in [1.165, 1.54) is 0 Å². The van der Waals surface area contributed by atoms with Gasteiger partial charge in [-0.2, -0.15) is 0 Å². The highest BCUT2D eigenvalue weighted by molar-refractivity contribution is 6.13. The molecule has 1 amide bonds. The summed E-state index contributed by atoms with van der Waals surface area (Å²) in [5.41, 5.74) is 3.11. The van der Waals surface area contributed by atoms with Gasteiger partial charge in [0.1, 0.15) is 5.76 Å². The van der Waals surface area contributed by atoms with E-state index in [0.717, 1.165) is 28.0 Å². The van der Waals surface area contributed by atoms with Crippen molar-refractivity contribution in [3.05, 3.63) is 96.1 Å². The summed E-state index contributed by atoms with van der Waals surface area (Å²) in [6, 6.07) is 22.9. The van der Waals surface area contributed by atoms with Gasteiger partial charge in [-0.1, -0.05) is 36.4 Å². The number of fused-ring (bicyclic) bond motifs is 1. The van der Waals surface area contributed by atoms with E-state index >= 15 is 0 Å². The van der Waals surface area contributed by atoms with Gasteiger partial charge in [0.05, 0.1) is 23.9 Å². The Balaban J connectivity index is 1.82. The van der Waals surface area contributed by atoms with Crippen molar-refractivity contribution >= 4 is 22.5 Å². The van der Waals surface area contributed by atoms with E-state index < -0.39 is 0 Å². The number of amides is 1. The Kier molecular flexibility index (Phi) is 4.23. The maximum atomic E-state index is 13.5. The molecule has 0 saturated carbocycles. The zero-order chi connectivity index (χ0) is 17.9. The molecule has 4 aromatic rings. The largest absolute Gasteiger partial charge is 0.467 e. The van der Waals surface area contributed by atoms with E-state index in [1.54, 1.807) is 11.2 Å². The molecule has 26 heavy (non-hydrogen) atoms. The highest BCUT2D eigenvalue weighted by Gasteiger charge is 2.21. The number of para-hydroxylation sites is 2. The van der Waals surface area contributed by atoms with Gasteiger partial charge in [0.2, 0.25) is 0 Å². The number of rotatable bonds is 4. The van der Waals surface area contributed by atoms with Crippen molar-refractivity contribution in [1.82, 2.24) is 4.98 Å². The van der Waals surface area contributed by atoms with E-state index in [1.807, 2.05) is 79.7 Å². The van der Waals surface area contributed by atoms with Crippen LogP contribution in [0.5, 0.6) is 0 Å². The van der Waals surface area contributed by atoms with Crippen molar-refractivity contribution in [2.75, 3.05) is 4.90 Å². The molecule has 0 saturated heterocycles. The van der Waals surface area contributed by atoms with Crippen LogP contribution in [0, 0.1) is 6.92 Å². The molecule has 0 radical (unpaired) electrons. The quantitative estimate of drug-likeness (QED) is 0.525. The Morgan fingerprint density at radius 2 is 1.77 bits per heavy atom. The second kappa shape index (κ2) is 6.84. The summed E-state index contributed by atoms with van der Waals surface area (Å²) < 4.78 is 5.48. The third-order valence-corrected chi connectivity index (χ3v) is 4.28. The summed E-state index contributed by atoms with van der Waals surface area (Å²) in [6.45, 7) is 2.27. The van der Waals surface area contributed by atoms with Gasteiger partial charge < -0.3 is 9.32 Å². The molecule has 4 heteroatoms. The lowest BCUT2D eigenvalue weighted by molar-refractivity contribution is 0.0984. The molecule has 2 heterocycles. The SMILES string of the molecule is Cc1cc(C(=O)N(Cc2ccco2)c2ccccc2)c2ccccc2n1. The lowest BCUT2D eigenvalue weighted by Gasteiger charge is -2.23. The first-order chi connectivity index (χ1) is 12.7. The number of furan rings is 1. The van der Waals surface area contributed by atoms with Crippen LogP contribution < -0.4 is 4.90 Å². The van der Waals surface area contributed by atoms with Crippen LogP contribution in [0.3, 0.4) is 0 Å². The third kappa shape index (κ3) is 3.09. The van der Waals surface area contributed by atoms with Crippen molar-refractivity contribution in [2.45, 2.75) is 13.5 Å².